The average Bonchev–Trinajstić information content (AvgIpc) is 2.34. The zero-order valence-corrected chi connectivity index (χ0v) is 9.87. The molecule has 1 aromatic rings. The number of carboxylic acid groups (broad SMARTS) is 3. The number of hydrogen-bond donors (Lipinski definition) is 4. The summed E-state index contributed by atoms with van der Waals surface area (Å²) in [6.45, 7) is -0.275. The van der Waals surface area contributed by atoms with Gasteiger partial charge in [-0.25, -0.2) is 9.59 Å². The minimum Gasteiger partial charge on any atom is -0.481 e. The lowest BCUT2D eigenvalue weighted by Crippen LogP contribution is -2.55. The van der Waals surface area contributed by atoms with E-state index in [0.29, 0.717) is 0 Å². The Hall–Kier alpha value is -2.41. The van der Waals surface area contributed by atoms with Crippen LogP contribution in [0.4, 0.5) is 0 Å². The van der Waals surface area contributed by atoms with Crippen LogP contribution in [0, 0.1) is 0 Å². The van der Waals surface area contributed by atoms with Crippen LogP contribution in [0.1, 0.15) is 12.0 Å². The first-order valence-electron chi connectivity index (χ1n) is 5.40. The van der Waals surface area contributed by atoms with Gasteiger partial charge >= 0.3 is 17.9 Å². The van der Waals surface area contributed by atoms with Gasteiger partial charge in [-0.15, -0.1) is 0 Å². The maximum Gasteiger partial charge on any atom is 0.340 e. The fourth-order valence-electron chi connectivity index (χ4n) is 1.64. The number of benzene rings is 1. The van der Waals surface area contributed by atoms with E-state index in [1.54, 1.807) is 6.07 Å². The van der Waals surface area contributed by atoms with Gasteiger partial charge in [0, 0.05) is 6.54 Å². The van der Waals surface area contributed by atoms with Crippen molar-refractivity contribution in [1.29, 1.82) is 0 Å². The van der Waals surface area contributed by atoms with Gasteiger partial charge in [0.05, 0.1) is 6.42 Å². The summed E-state index contributed by atoms with van der Waals surface area (Å²) in [4.78, 5) is 33.1. The van der Waals surface area contributed by atoms with Gasteiger partial charge in [-0.2, -0.15) is 0 Å². The summed E-state index contributed by atoms with van der Waals surface area (Å²) in [7, 11) is 0. The molecule has 0 aromatic heterocycles. The molecule has 0 radical (unpaired) electrons. The lowest BCUT2D eigenvalue weighted by atomic mass is 9.89. The van der Waals surface area contributed by atoms with Crippen LogP contribution in [0.25, 0.3) is 0 Å². The SMILES string of the molecule is O=C(O)CCNC(C(=O)O)(C(=O)O)c1ccccc1. The van der Waals surface area contributed by atoms with Crippen molar-refractivity contribution in [3.8, 4) is 0 Å². The Kier molecular flexibility index (Phi) is 4.60. The summed E-state index contributed by atoms with van der Waals surface area (Å²) in [6.07, 6.45) is -0.380. The Labute approximate surface area is 108 Å². The number of nitrogens with one attached hydrogen (secondary N) is 1. The molecule has 19 heavy (non-hydrogen) atoms. The summed E-state index contributed by atoms with van der Waals surface area (Å²) in [5.74, 6) is -4.35. The van der Waals surface area contributed by atoms with Crippen molar-refractivity contribution >= 4 is 17.9 Å². The van der Waals surface area contributed by atoms with E-state index in [-0.39, 0.29) is 18.5 Å². The number of aliphatic carboxylic acids is 3. The van der Waals surface area contributed by atoms with Crippen LogP contribution in [0.2, 0.25) is 0 Å². The molecule has 102 valence electrons. The van der Waals surface area contributed by atoms with E-state index < -0.39 is 23.4 Å². The van der Waals surface area contributed by atoms with Crippen LogP contribution in [0.3, 0.4) is 0 Å². The predicted molar refractivity (Wildman–Crippen MR) is 63.6 cm³/mol. The van der Waals surface area contributed by atoms with Crippen molar-refractivity contribution in [1.82, 2.24) is 5.32 Å². The van der Waals surface area contributed by atoms with Gasteiger partial charge in [0.15, 0.2) is 0 Å². The molecule has 0 aliphatic rings. The van der Waals surface area contributed by atoms with E-state index in [9.17, 15) is 24.6 Å². The molecule has 4 N–H and O–H groups in total. The van der Waals surface area contributed by atoms with Gasteiger partial charge < -0.3 is 15.3 Å². The molecule has 0 unspecified atom stereocenters. The molecule has 0 atom stereocenters. The normalized spacial score (nSPS) is 10.9. The summed E-state index contributed by atoms with van der Waals surface area (Å²) >= 11 is 0. The number of rotatable bonds is 7. The first kappa shape index (κ1) is 14.7. The highest BCUT2D eigenvalue weighted by atomic mass is 16.4. The zero-order chi connectivity index (χ0) is 14.5. The fourth-order valence-corrected chi connectivity index (χ4v) is 1.64. The second-order valence-corrected chi connectivity index (χ2v) is 3.80. The Morgan fingerprint density at radius 1 is 1.00 bits per heavy atom. The molecule has 7 heteroatoms. The molecular weight excluding hydrogens is 254 g/mol. The smallest absolute Gasteiger partial charge is 0.340 e. The van der Waals surface area contributed by atoms with Gasteiger partial charge in [0.2, 0.25) is 5.54 Å². The lowest BCUT2D eigenvalue weighted by molar-refractivity contribution is -0.160. The molecule has 0 spiro atoms. The first-order valence-corrected chi connectivity index (χ1v) is 5.40. The van der Waals surface area contributed by atoms with Crippen molar-refractivity contribution in [2.45, 2.75) is 12.0 Å². The third kappa shape index (κ3) is 3.08. The van der Waals surface area contributed by atoms with Crippen molar-refractivity contribution in [2.75, 3.05) is 6.54 Å². The lowest BCUT2D eigenvalue weighted by Gasteiger charge is -2.26. The molecule has 0 bridgehead atoms. The maximum absolute atomic E-state index is 11.3. The third-order valence-electron chi connectivity index (χ3n) is 2.58. The topological polar surface area (TPSA) is 124 Å². The molecule has 0 aliphatic carbocycles. The van der Waals surface area contributed by atoms with Gasteiger partial charge in [0.25, 0.3) is 0 Å². The minimum absolute atomic E-state index is 0.0281. The maximum atomic E-state index is 11.3. The quantitative estimate of drug-likeness (QED) is 0.517. The second-order valence-electron chi connectivity index (χ2n) is 3.80. The molecule has 0 fully saturated rings. The van der Waals surface area contributed by atoms with Gasteiger partial charge in [0.1, 0.15) is 0 Å². The molecule has 1 rings (SSSR count). The average molecular weight is 267 g/mol. The first-order chi connectivity index (χ1) is 8.91. The molecule has 0 amide bonds. The second kappa shape index (κ2) is 5.96. The zero-order valence-electron chi connectivity index (χ0n) is 9.87. The molecule has 0 aliphatic heterocycles. The van der Waals surface area contributed by atoms with Crippen molar-refractivity contribution in [3.63, 3.8) is 0 Å². The number of carbonyl (C=O) groups is 3. The van der Waals surface area contributed by atoms with Gasteiger partial charge in [-0.05, 0) is 5.56 Å². The summed E-state index contributed by atoms with van der Waals surface area (Å²) in [5.41, 5.74) is -2.32. The van der Waals surface area contributed by atoms with E-state index in [2.05, 4.69) is 5.32 Å². The summed E-state index contributed by atoms with van der Waals surface area (Å²) in [5, 5.41) is 29.3. The predicted octanol–water partition coefficient (Wildman–Crippen LogP) is 0.115. The molecule has 1 aromatic carbocycles. The summed E-state index contributed by atoms with van der Waals surface area (Å²) < 4.78 is 0. The van der Waals surface area contributed by atoms with E-state index in [1.165, 1.54) is 24.3 Å². The van der Waals surface area contributed by atoms with Crippen LogP contribution in [-0.2, 0) is 19.9 Å². The van der Waals surface area contributed by atoms with Gasteiger partial charge in [-0.1, -0.05) is 30.3 Å². The van der Waals surface area contributed by atoms with E-state index >= 15 is 0 Å². The Bertz CT molecular complexity index is 470. The van der Waals surface area contributed by atoms with Crippen LogP contribution in [0.5, 0.6) is 0 Å². The fraction of sp³-hybridized carbons (Fsp3) is 0.250. The number of hydrogen-bond acceptors (Lipinski definition) is 4. The van der Waals surface area contributed by atoms with Crippen LogP contribution in [-0.4, -0.2) is 39.8 Å². The van der Waals surface area contributed by atoms with Crippen LogP contribution in [0.15, 0.2) is 30.3 Å². The standard InChI is InChI=1S/C12H13NO6/c14-9(15)6-7-13-12(10(16)17,11(18)19)8-4-2-1-3-5-8/h1-5,13H,6-7H2,(H,14,15)(H,16,17)(H,18,19). The van der Waals surface area contributed by atoms with E-state index in [4.69, 9.17) is 5.11 Å². The Morgan fingerprint density at radius 3 is 1.95 bits per heavy atom. The van der Waals surface area contributed by atoms with Crippen LogP contribution >= 0.6 is 0 Å². The van der Waals surface area contributed by atoms with Gasteiger partial charge in [-0.3, -0.25) is 10.1 Å². The highest BCUT2D eigenvalue weighted by Crippen LogP contribution is 2.22. The molecule has 7 nitrogen and oxygen atoms in total. The Morgan fingerprint density at radius 2 is 1.53 bits per heavy atom. The monoisotopic (exact) mass is 267 g/mol. The van der Waals surface area contributed by atoms with Crippen LogP contribution < -0.4 is 5.32 Å². The molecular formula is C12H13NO6. The highest BCUT2D eigenvalue weighted by Gasteiger charge is 2.48. The van der Waals surface area contributed by atoms with E-state index in [0.717, 1.165) is 0 Å². The molecule has 0 heterocycles. The van der Waals surface area contributed by atoms with Crippen molar-refractivity contribution in [3.05, 3.63) is 35.9 Å². The largest absolute Gasteiger partial charge is 0.481 e. The Balaban J connectivity index is 3.12. The highest BCUT2D eigenvalue weighted by molar-refractivity contribution is 6.04. The molecule has 0 saturated heterocycles. The van der Waals surface area contributed by atoms with Crippen molar-refractivity contribution in [2.24, 2.45) is 0 Å². The van der Waals surface area contributed by atoms with E-state index in [1.807, 2.05) is 0 Å². The third-order valence-corrected chi connectivity index (χ3v) is 2.58. The minimum atomic E-state index is -2.35. The summed E-state index contributed by atoms with van der Waals surface area (Å²) in [6, 6.07) is 7.35. The number of carboxylic acids is 3. The molecule has 0 saturated carbocycles. The van der Waals surface area contributed by atoms with Crippen molar-refractivity contribution < 1.29 is 29.7 Å².